The Hall–Kier alpha value is -2.54. The third-order valence-corrected chi connectivity index (χ3v) is 4.15. The average molecular weight is 346 g/mol. The summed E-state index contributed by atoms with van der Waals surface area (Å²) in [6.07, 6.45) is 0. The third kappa shape index (κ3) is 4.05. The van der Waals surface area contributed by atoms with Gasteiger partial charge in [-0.1, -0.05) is 0 Å². The van der Waals surface area contributed by atoms with Crippen LogP contribution in [0.15, 0.2) is 28.4 Å². The molecule has 0 fully saturated rings. The van der Waals surface area contributed by atoms with Crippen LogP contribution < -0.4 is 10.6 Å². The van der Waals surface area contributed by atoms with Gasteiger partial charge in [-0.2, -0.15) is 9.64 Å². The van der Waals surface area contributed by atoms with Gasteiger partial charge >= 0.3 is 0 Å². The second-order valence-electron chi connectivity index (χ2n) is 4.94. The molecule has 1 heterocycles. The normalized spacial score (nSPS) is 10.9. The number of hydrogen-bond acceptors (Lipinski definition) is 9. The lowest BCUT2D eigenvalue weighted by molar-refractivity contribution is 0.281. The first-order valence-electron chi connectivity index (χ1n) is 7.25. The van der Waals surface area contributed by atoms with Crippen molar-refractivity contribution >= 4 is 33.6 Å². The number of azo groups is 1. The van der Waals surface area contributed by atoms with Crippen LogP contribution in [0, 0.1) is 18.3 Å². The lowest BCUT2D eigenvalue weighted by atomic mass is 10.2. The van der Waals surface area contributed by atoms with Gasteiger partial charge in [0.05, 0.1) is 24.6 Å². The molecule has 0 spiro atoms. The van der Waals surface area contributed by atoms with Crippen molar-refractivity contribution < 1.29 is 10.2 Å². The van der Waals surface area contributed by atoms with Crippen LogP contribution in [0.25, 0.3) is 0 Å². The molecule has 2 rings (SSSR count). The average Bonchev–Trinajstić information content (AvgIpc) is 2.93. The van der Waals surface area contributed by atoms with E-state index in [4.69, 9.17) is 21.2 Å². The summed E-state index contributed by atoms with van der Waals surface area (Å²) in [5.74, 6) is 0. The summed E-state index contributed by atoms with van der Waals surface area (Å²) in [7, 11) is 0. The summed E-state index contributed by atoms with van der Waals surface area (Å²) in [6, 6.07) is 7.26. The van der Waals surface area contributed by atoms with Gasteiger partial charge in [0.1, 0.15) is 17.3 Å². The molecule has 0 aliphatic heterocycles. The Labute approximate surface area is 143 Å². The molecule has 8 nitrogen and oxygen atoms in total. The summed E-state index contributed by atoms with van der Waals surface area (Å²) in [6.45, 7) is 2.49. The number of nitrogens with two attached hydrogens (primary N) is 1. The standard InChI is InChI=1S/C15H18N6O2S/c1-10-12(9-16)15(24-20-10)19-18-14-3-2-11(8-13(14)17)21(4-6-22)5-7-23/h2-3,8,22-23H,4-7,17H2,1H3/b19-18+. The first kappa shape index (κ1) is 17.8. The zero-order chi connectivity index (χ0) is 17.5. The van der Waals surface area contributed by atoms with Crippen LogP contribution in [0.1, 0.15) is 11.3 Å². The molecule has 24 heavy (non-hydrogen) atoms. The number of rotatable bonds is 7. The van der Waals surface area contributed by atoms with Gasteiger partial charge in [-0.25, -0.2) is 0 Å². The highest BCUT2D eigenvalue weighted by atomic mass is 32.1. The molecule has 0 aliphatic rings. The van der Waals surface area contributed by atoms with E-state index in [1.807, 2.05) is 4.90 Å². The number of aryl methyl sites for hydroxylation is 1. The van der Waals surface area contributed by atoms with Crippen molar-refractivity contribution in [2.45, 2.75) is 6.92 Å². The monoisotopic (exact) mass is 346 g/mol. The zero-order valence-electron chi connectivity index (χ0n) is 13.2. The number of aromatic nitrogens is 1. The van der Waals surface area contributed by atoms with Crippen LogP contribution in [0.5, 0.6) is 0 Å². The van der Waals surface area contributed by atoms with Gasteiger partial charge in [0.25, 0.3) is 0 Å². The van der Waals surface area contributed by atoms with Gasteiger partial charge in [-0.3, -0.25) is 0 Å². The molecule has 0 saturated heterocycles. The van der Waals surface area contributed by atoms with Crippen LogP contribution in [-0.4, -0.2) is 40.9 Å². The molecule has 0 bridgehead atoms. The number of anilines is 2. The minimum absolute atomic E-state index is 0.0248. The van der Waals surface area contributed by atoms with E-state index in [1.54, 1.807) is 25.1 Å². The predicted molar refractivity (Wildman–Crippen MR) is 93.0 cm³/mol. The molecule has 0 radical (unpaired) electrons. The van der Waals surface area contributed by atoms with Crippen molar-refractivity contribution in [1.82, 2.24) is 4.37 Å². The number of benzene rings is 1. The fourth-order valence-corrected chi connectivity index (χ4v) is 2.77. The quantitative estimate of drug-likeness (QED) is 0.520. The second kappa shape index (κ2) is 8.35. The molecule has 1 aromatic carbocycles. The van der Waals surface area contributed by atoms with Crippen LogP contribution in [0.3, 0.4) is 0 Å². The predicted octanol–water partition coefficient (Wildman–Crippen LogP) is 2.11. The Morgan fingerprint density at radius 2 is 2.00 bits per heavy atom. The Balaban J connectivity index is 2.23. The van der Waals surface area contributed by atoms with Crippen LogP contribution in [0.2, 0.25) is 0 Å². The topological polar surface area (TPSA) is 131 Å². The maximum atomic E-state index is 9.09. The van der Waals surface area contributed by atoms with Crippen molar-refractivity contribution in [3.05, 3.63) is 29.5 Å². The Bertz CT molecular complexity index is 762. The summed E-state index contributed by atoms with van der Waals surface area (Å²) in [5.41, 5.74) is 8.72. The number of aliphatic hydroxyl groups is 2. The van der Waals surface area contributed by atoms with Crippen molar-refractivity contribution in [3.63, 3.8) is 0 Å². The van der Waals surface area contributed by atoms with E-state index >= 15 is 0 Å². The molecular formula is C15H18N6O2S. The van der Waals surface area contributed by atoms with Crippen molar-refractivity contribution in [3.8, 4) is 6.07 Å². The van der Waals surface area contributed by atoms with Crippen molar-refractivity contribution in [2.75, 3.05) is 36.9 Å². The van der Waals surface area contributed by atoms with Crippen molar-refractivity contribution in [1.29, 1.82) is 5.26 Å². The molecule has 126 valence electrons. The molecular weight excluding hydrogens is 328 g/mol. The van der Waals surface area contributed by atoms with Gasteiger partial charge in [0.2, 0.25) is 0 Å². The van der Waals surface area contributed by atoms with Crippen LogP contribution >= 0.6 is 11.5 Å². The minimum Gasteiger partial charge on any atom is -0.397 e. The maximum absolute atomic E-state index is 9.09. The highest BCUT2D eigenvalue weighted by molar-refractivity contribution is 7.10. The smallest absolute Gasteiger partial charge is 0.176 e. The second-order valence-corrected chi connectivity index (χ2v) is 5.69. The maximum Gasteiger partial charge on any atom is 0.176 e. The zero-order valence-corrected chi connectivity index (χ0v) is 14.0. The fourth-order valence-electron chi connectivity index (χ4n) is 2.10. The summed E-state index contributed by atoms with van der Waals surface area (Å²) < 4.78 is 4.08. The summed E-state index contributed by atoms with van der Waals surface area (Å²) >= 11 is 1.11. The van der Waals surface area contributed by atoms with E-state index in [1.165, 1.54) is 0 Å². The van der Waals surface area contributed by atoms with E-state index in [2.05, 4.69) is 20.7 Å². The number of nitriles is 1. The van der Waals surface area contributed by atoms with E-state index in [0.717, 1.165) is 17.2 Å². The van der Waals surface area contributed by atoms with Gasteiger partial charge in [0, 0.05) is 18.8 Å². The molecule has 0 unspecified atom stereocenters. The van der Waals surface area contributed by atoms with Crippen LogP contribution in [-0.2, 0) is 0 Å². The molecule has 0 amide bonds. The first-order valence-corrected chi connectivity index (χ1v) is 8.02. The number of aliphatic hydroxyl groups excluding tert-OH is 2. The van der Waals surface area contributed by atoms with E-state index in [0.29, 0.717) is 40.7 Å². The first-order chi connectivity index (χ1) is 11.6. The molecule has 1 aromatic heterocycles. The number of nitrogens with zero attached hydrogens (tertiary/aromatic N) is 5. The van der Waals surface area contributed by atoms with Gasteiger partial charge in [-0.05, 0) is 36.7 Å². The molecule has 0 saturated carbocycles. The number of hydrogen-bond donors (Lipinski definition) is 3. The van der Waals surface area contributed by atoms with Gasteiger partial charge in [0.15, 0.2) is 5.00 Å². The largest absolute Gasteiger partial charge is 0.397 e. The Morgan fingerprint density at radius 3 is 2.58 bits per heavy atom. The molecule has 2 aromatic rings. The molecule has 0 aliphatic carbocycles. The molecule has 9 heteroatoms. The highest BCUT2D eigenvalue weighted by Crippen LogP contribution is 2.32. The third-order valence-electron chi connectivity index (χ3n) is 3.32. The number of nitrogen functional groups attached to an aromatic ring is 1. The molecule has 4 N–H and O–H groups in total. The van der Waals surface area contributed by atoms with E-state index in [9.17, 15) is 0 Å². The molecule has 0 atom stereocenters. The van der Waals surface area contributed by atoms with E-state index in [-0.39, 0.29) is 13.2 Å². The lowest BCUT2D eigenvalue weighted by Crippen LogP contribution is -2.29. The Kier molecular flexibility index (Phi) is 6.20. The minimum atomic E-state index is -0.0248. The lowest BCUT2D eigenvalue weighted by Gasteiger charge is -2.23. The fraction of sp³-hybridized carbons (Fsp3) is 0.333. The summed E-state index contributed by atoms with van der Waals surface area (Å²) in [4.78, 5) is 1.82. The van der Waals surface area contributed by atoms with Gasteiger partial charge in [-0.15, -0.1) is 10.2 Å². The highest BCUT2D eigenvalue weighted by Gasteiger charge is 2.10. The van der Waals surface area contributed by atoms with E-state index < -0.39 is 0 Å². The SMILES string of the molecule is Cc1nsc(/N=N/c2ccc(N(CCO)CCO)cc2N)c1C#N. The van der Waals surface area contributed by atoms with Gasteiger partial charge < -0.3 is 20.8 Å². The van der Waals surface area contributed by atoms with Crippen molar-refractivity contribution in [2.24, 2.45) is 10.2 Å². The summed E-state index contributed by atoms with van der Waals surface area (Å²) in [5, 5.41) is 35.9. The Morgan fingerprint density at radius 1 is 1.29 bits per heavy atom. The van der Waals surface area contributed by atoms with Crippen LogP contribution in [0.4, 0.5) is 22.1 Å².